The molecule has 0 bridgehead atoms. The van der Waals surface area contributed by atoms with Gasteiger partial charge in [-0.3, -0.25) is 0 Å². The van der Waals surface area contributed by atoms with Gasteiger partial charge in [0.2, 0.25) is 11.6 Å². The normalized spacial score (nSPS) is 23.5. The molecule has 9 heteroatoms. The monoisotopic (exact) mass is 479 g/mol. The predicted octanol–water partition coefficient (Wildman–Crippen LogP) is 5.04. The van der Waals surface area contributed by atoms with Gasteiger partial charge in [-0.2, -0.15) is 5.10 Å². The highest BCUT2D eigenvalue weighted by atomic mass is 35.5. The number of rotatable bonds is 4. The number of amidine groups is 1. The molecule has 2 aromatic carbocycles. The first-order valence-corrected chi connectivity index (χ1v) is 11.7. The molecule has 1 unspecified atom stereocenters. The van der Waals surface area contributed by atoms with E-state index in [1.54, 1.807) is 23.1 Å². The van der Waals surface area contributed by atoms with Crippen LogP contribution in [0.25, 0.3) is 11.8 Å². The number of ether oxygens (including phenoxy) is 1. The number of halogens is 2. The first-order valence-electron chi connectivity index (χ1n) is 11.3. The molecule has 1 spiro atoms. The third kappa shape index (κ3) is 3.44. The van der Waals surface area contributed by atoms with Crippen molar-refractivity contribution in [2.45, 2.75) is 44.4 Å². The zero-order valence-electron chi connectivity index (χ0n) is 18.8. The van der Waals surface area contributed by atoms with Gasteiger partial charge in [0, 0.05) is 18.9 Å². The molecule has 3 aromatic rings. The summed E-state index contributed by atoms with van der Waals surface area (Å²) >= 11 is 6.07. The Morgan fingerprint density at radius 1 is 1.18 bits per heavy atom. The van der Waals surface area contributed by atoms with Crippen molar-refractivity contribution < 1.29 is 14.0 Å². The lowest BCUT2D eigenvalue weighted by Crippen LogP contribution is -2.53. The van der Waals surface area contributed by atoms with Crippen molar-refractivity contribution in [2.24, 2.45) is 5.16 Å². The summed E-state index contributed by atoms with van der Waals surface area (Å²) in [6.45, 7) is 4.59. The van der Waals surface area contributed by atoms with E-state index in [-0.39, 0.29) is 10.6 Å². The van der Waals surface area contributed by atoms with Crippen LogP contribution in [0.15, 0.2) is 59.7 Å². The standard InChI is InChI=1S/C25H23ClFN5O2/c1-3-22-28-15-32(29-22)18-7-4-16(5-8-18)12-21-23-30-34-24(2,17-6-9-20(27)19(26)13-17)31(23)14-25(33-21)10-11-25/h4-9,12-13,15H,3,10-11,14H2,1-2H3. The molecule has 1 aromatic heterocycles. The van der Waals surface area contributed by atoms with Crippen LogP contribution in [-0.4, -0.2) is 37.6 Å². The number of morpholine rings is 1. The van der Waals surface area contributed by atoms with Gasteiger partial charge in [-0.05, 0) is 54.8 Å². The van der Waals surface area contributed by atoms with Crippen molar-refractivity contribution in [3.8, 4) is 5.69 Å². The molecule has 3 heterocycles. The van der Waals surface area contributed by atoms with E-state index in [0.29, 0.717) is 18.1 Å². The Bertz CT molecular complexity index is 1330. The topological polar surface area (TPSA) is 64.8 Å². The van der Waals surface area contributed by atoms with Crippen LogP contribution in [0.1, 0.15) is 43.6 Å². The number of nitrogens with zero attached hydrogens (tertiary/aromatic N) is 5. The number of hydrogen-bond donors (Lipinski definition) is 0. The molecule has 3 aliphatic rings. The Morgan fingerprint density at radius 2 is 1.97 bits per heavy atom. The molecule has 2 aliphatic heterocycles. The fourth-order valence-corrected chi connectivity index (χ4v) is 4.56. The Morgan fingerprint density at radius 3 is 2.65 bits per heavy atom. The zero-order valence-corrected chi connectivity index (χ0v) is 19.6. The van der Waals surface area contributed by atoms with Gasteiger partial charge in [-0.1, -0.05) is 35.8 Å². The number of hydrogen-bond acceptors (Lipinski definition) is 6. The maximum atomic E-state index is 13.8. The van der Waals surface area contributed by atoms with Crippen molar-refractivity contribution in [1.29, 1.82) is 0 Å². The second-order valence-electron chi connectivity index (χ2n) is 9.05. The van der Waals surface area contributed by atoms with Crippen LogP contribution >= 0.6 is 11.6 Å². The molecule has 34 heavy (non-hydrogen) atoms. The molecule has 1 aliphatic carbocycles. The van der Waals surface area contributed by atoms with Gasteiger partial charge in [0.25, 0.3) is 0 Å². The molecule has 6 rings (SSSR count). The first-order chi connectivity index (χ1) is 16.4. The minimum Gasteiger partial charge on any atom is -0.481 e. The van der Waals surface area contributed by atoms with E-state index >= 15 is 0 Å². The molecular weight excluding hydrogens is 457 g/mol. The molecule has 2 fully saturated rings. The summed E-state index contributed by atoms with van der Waals surface area (Å²) in [6.07, 6.45) is 6.40. The average molecular weight is 480 g/mol. The Kier molecular flexibility index (Phi) is 4.71. The minimum atomic E-state index is -0.904. The average Bonchev–Trinajstić information content (AvgIpc) is 3.25. The van der Waals surface area contributed by atoms with Crippen molar-refractivity contribution in [3.05, 3.63) is 82.3 Å². The predicted molar refractivity (Wildman–Crippen MR) is 126 cm³/mol. The minimum absolute atomic E-state index is 0.0551. The van der Waals surface area contributed by atoms with Crippen LogP contribution in [0, 0.1) is 5.82 Å². The zero-order chi connectivity index (χ0) is 23.5. The highest BCUT2D eigenvalue weighted by molar-refractivity contribution is 6.30. The SMILES string of the molecule is CCc1ncn(-c2ccc(C=C3OC4(CC4)CN4C3=NOC4(C)c3ccc(F)c(Cl)c3)cc2)n1. The van der Waals surface area contributed by atoms with E-state index in [2.05, 4.69) is 20.1 Å². The van der Waals surface area contributed by atoms with E-state index in [4.69, 9.17) is 21.2 Å². The van der Waals surface area contributed by atoms with Crippen molar-refractivity contribution in [1.82, 2.24) is 19.7 Å². The molecule has 7 nitrogen and oxygen atoms in total. The Labute approximate surface area is 201 Å². The summed E-state index contributed by atoms with van der Waals surface area (Å²) in [7, 11) is 0. The summed E-state index contributed by atoms with van der Waals surface area (Å²) in [5.41, 5.74) is 1.47. The van der Waals surface area contributed by atoms with Gasteiger partial charge in [0.1, 0.15) is 17.7 Å². The van der Waals surface area contributed by atoms with Gasteiger partial charge in [0.05, 0.1) is 17.3 Å². The Balaban J connectivity index is 1.31. The highest BCUT2D eigenvalue weighted by Crippen LogP contribution is 2.50. The molecule has 1 saturated heterocycles. The lowest BCUT2D eigenvalue weighted by atomic mass is 10.0. The van der Waals surface area contributed by atoms with Crippen LogP contribution in [0.3, 0.4) is 0 Å². The maximum Gasteiger partial charge on any atom is 0.234 e. The van der Waals surface area contributed by atoms with Crippen molar-refractivity contribution in [3.63, 3.8) is 0 Å². The smallest absolute Gasteiger partial charge is 0.234 e. The second kappa shape index (κ2) is 7.56. The van der Waals surface area contributed by atoms with E-state index in [0.717, 1.165) is 41.9 Å². The van der Waals surface area contributed by atoms with E-state index < -0.39 is 11.5 Å². The lowest BCUT2D eigenvalue weighted by molar-refractivity contribution is -0.108. The third-order valence-electron chi connectivity index (χ3n) is 6.65. The number of aromatic nitrogens is 3. The van der Waals surface area contributed by atoms with Gasteiger partial charge in [-0.25, -0.2) is 14.1 Å². The quantitative estimate of drug-likeness (QED) is 0.524. The number of aryl methyl sites for hydroxylation is 1. The summed E-state index contributed by atoms with van der Waals surface area (Å²) < 4.78 is 22.0. The fraction of sp³-hybridized carbons (Fsp3) is 0.320. The maximum absolute atomic E-state index is 13.8. The molecule has 174 valence electrons. The summed E-state index contributed by atoms with van der Waals surface area (Å²) in [6, 6.07) is 12.6. The van der Waals surface area contributed by atoms with Crippen LogP contribution in [0.5, 0.6) is 0 Å². The van der Waals surface area contributed by atoms with Gasteiger partial charge in [-0.15, -0.1) is 0 Å². The molecule has 0 radical (unpaired) electrons. The van der Waals surface area contributed by atoms with Crippen LogP contribution in [0.4, 0.5) is 4.39 Å². The molecule has 1 saturated carbocycles. The fourth-order valence-electron chi connectivity index (χ4n) is 4.38. The Hall–Kier alpha value is -3.39. The highest BCUT2D eigenvalue weighted by Gasteiger charge is 2.58. The summed E-state index contributed by atoms with van der Waals surface area (Å²) in [4.78, 5) is 12.3. The van der Waals surface area contributed by atoms with Crippen molar-refractivity contribution >= 4 is 23.5 Å². The van der Waals surface area contributed by atoms with E-state index in [9.17, 15) is 4.39 Å². The van der Waals surface area contributed by atoms with Crippen molar-refractivity contribution in [2.75, 3.05) is 6.54 Å². The van der Waals surface area contributed by atoms with Gasteiger partial charge in [0.15, 0.2) is 11.6 Å². The van der Waals surface area contributed by atoms with Crippen LogP contribution in [-0.2, 0) is 21.7 Å². The van der Waals surface area contributed by atoms with Crippen LogP contribution in [0.2, 0.25) is 5.02 Å². The molecule has 0 amide bonds. The molecule has 1 atom stereocenters. The number of benzene rings is 2. The van der Waals surface area contributed by atoms with Gasteiger partial charge >= 0.3 is 0 Å². The largest absolute Gasteiger partial charge is 0.481 e. The molecular formula is C25H23ClFN5O2. The third-order valence-corrected chi connectivity index (χ3v) is 6.94. The number of fused-ring (bicyclic) bond motifs is 1. The number of oxime groups is 1. The van der Waals surface area contributed by atoms with E-state index in [1.807, 2.05) is 44.2 Å². The first kappa shape index (κ1) is 21.2. The summed E-state index contributed by atoms with van der Waals surface area (Å²) in [5.74, 6) is 1.62. The molecule has 0 N–H and O–H groups in total. The van der Waals surface area contributed by atoms with E-state index in [1.165, 1.54) is 6.07 Å². The van der Waals surface area contributed by atoms with Gasteiger partial charge < -0.3 is 14.5 Å². The lowest BCUT2D eigenvalue weighted by Gasteiger charge is -2.41. The summed E-state index contributed by atoms with van der Waals surface area (Å²) in [5, 5.41) is 8.89. The second-order valence-corrected chi connectivity index (χ2v) is 9.46. The van der Waals surface area contributed by atoms with Crippen LogP contribution < -0.4 is 0 Å².